The van der Waals surface area contributed by atoms with Crippen molar-refractivity contribution in [2.45, 2.75) is 32.0 Å². The van der Waals surface area contributed by atoms with E-state index in [0.717, 1.165) is 38.0 Å². The summed E-state index contributed by atoms with van der Waals surface area (Å²) < 4.78 is 40.6. The van der Waals surface area contributed by atoms with Crippen molar-refractivity contribution in [3.05, 3.63) is 71.3 Å². The quantitative estimate of drug-likeness (QED) is 0.476. The van der Waals surface area contributed by atoms with Gasteiger partial charge in [0, 0.05) is 25.1 Å². The minimum absolute atomic E-state index is 0.0705. The first-order chi connectivity index (χ1) is 14.3. The third-order valence-electron chi connectivity index (χ3n) is 5.04. The maximum atomic E-state index is 12.2. The van der Waals surface area contributed by atoms with Crippen LogP contribution in [0.5, 0.6) is 11.5 Å². The average molecular weight is 419 g/mol. The molecule has 0 atom stereocenters. The maximum absolute atomic E-state index is 12.2. The number of ether oxygens (including phenoxy) is 1. The Hall–Kier alpha value is -2.80. The van der Waals surface area contributed by atoms with Gasteiger partial charge in [0.15, 0.2) is 5.78 Å². The molecule has 160 valence electrons. The molecular formula is C23H24F3NO3. The largest absolute Gasteiger partial charge is 0.573 e. The van der Waals surface area contributed by atoms with E-state index in [1.165, 1.54) is 29.8 Å². The number of aromatic hydroxyl groups is 1. The number of carbonyl (C=O) groups excluding carboxylic acids is 1. The van der Waals surface area contributed by atoms with Crippen molar-refractivity contribution in [3.63, 3.8) is 0 Å². The molecule has 30 heavy (non-hydrogen) atoms. The molecule has 0 spiro atoms. The number of carbonyl (C=O) groups is 1. The molecule has 0 bridgehead atoms. The molecule has 2 aromatic rings. The summed E-state index contributed by atoms with van der Waals surface area (Å²) in [6, 6.07) is 12.3. The van der Waals surface area contributed by atoms with Gasteiger partial charge in [-0.2, -0.15) is 0 Å². The molecule has 0 radical (unpaired) electrons. The maximum Gasteiger partial charge on any atom is 0.573 e. The Morgan fingerprint density at radius 2 is 1.77 bits per heavy atom. The van der Waals surface area contributed by atoms with E-state index in [4.69, 9.17) is 0 Å². The molecule has 0 saturated heterocycles. The Balaban J connectivity index is 1.40. The van der Waals surface area contributed by atoms with E-state index in [-0.39, 0.29) is 17.3 Å². The summed E-state index contributed by atoms with van der Waals surface area (Å²) in [5.41, 5.74) is 2.82. The number of ketones is 1. The zero-order valence-corrected chi connectivity index (χ0v) is 16.5. The van der Waals surface area contributed by atoms with Crippen LogP contribution < -0.4 is 4.74 Å². The predicted octanol–water partition coefficient (Wildman–Crippen LogP) is 5.13. The standard InChI is InChI=1S/C23H24F3NO3/c24-23(25,26)30-21-9-3-17(4-10-21)16-18-11-14-27(15-12-18)13-1-2-22(29)19-5-7-20(28)8-6-19/h3-11,28H,1-2,12-16H2. The minimum Gasteiger partial charge on any atom is -0.508 e. The normalized spacial score (nSPS) is 15.0. The van der Waals surface area contributed by atoms with Crippen LogP contribution in [0.2, 0.25) is 0 Å². The Labute approximate surface area is 173 Å². The number of nitrogens with zero attached hydrogens (tertiary/aromatic N) is 1. The fraction of sp³-hybridized carbons (Fsp3) is 0.348. The van der Waals surface area contributed by atoms with E-state index in [1.54, 1.807) is 24.3 Å². The van der Waals surface area contributed by atoms with Crippen LogP contribution in [-0.2, 0) is 6.42 Å². The number of halogens is 3. The lowest BCUT2D eigenvalue weighted by Crippen LogP contribution is -2.30. The third-order valence-corrected chi connectivity index (χ3v) is 5.04. The van der Waals surface area contributed by atoms with Crippen LogP contribution in [-0.4, -0.2) is 41.8 Å². The lowest BCUT2D eigenvalue weighted by atomic mass is 9.99. The molecule has 3 rings (SSSR count). The first kappa shape index (κ1) is 21.9. The first-order valence-electron chi connectivity index (χ1n) is 9.86. The molecule has 0 saturated carbocycles. The van der Waals surface area contributed by atoms with Gasteiger partial charge in [0.1, 0.15) is 11.5 Å². The van der Waals surface area contributed by atoms with Crippen LogP contribution in [0.4, 0.5) is 13.2 Å². The summed E-state index contributed by atoms with van der Waals surface area (Å²) in [6.07, 6.45) is 0.316. The van der Waals surface area contributed by atoms with E-state index < -0.39 is 6.36 Å². The van der Waals surface area contributed by atoms with Gasteiger partial charge in [0.25, 0.3) is 0 Å². The number of benzene rings is 2. The van der Waals surface area contributed by atoms with Gasteiger partial charge in [-0.25, -0.2) is 0 Å². The molecular weight excluding hydrogens is 395 g/mol. The highest BCUT2D eigenvalue weighted by atomic mass is 19.4. The molecule has 4 nitrogen and oxygen atoms in total. The Bertz CT molecular complexity index is 874. The Morgan fingerprint density at radius 3 is 2.37 bits per heavy atom. The second-order valence-corrected chi connectivity index (χ2v) is 7.36. The second-order valence-electron chi connectivity index (χ2n) is 7.36. The van der Waals surface area contributed by atoms with E-state index in [2.05, 4.69) is 15.7 Å². The van der Waals surface area contributed by atoms with Gasteiger partial charge in [0.05, 0.1) is 0 Å². The third kappa shape index (κ3) is 6.91. The van der Waals surface area contributed by atoms with Gasteiger partial charge >= 0.3 is 6.36 Å². The highest BCUT2D eigenvalue weighted by molar-refractivity contribution is 5.96. The van der Waals surface area contributed by atoms with Gasteiger partial charge in [-0.05, 0) is 67.8 Å². The van der Waals surface area contributed by atoms with Crippen LogP contribution in [0.15, 0.2) is 60.2 Å². The molecule has 1 aliphatic heterocycles. The summed E-state index contributed by atoms with van der Waals surface area (Å²) in [5.74, 6) is 0.00568. The fourth-order valence-corrected chi connectivity index (χ4v) is 3.44. The van der Waals surface area contributed by atoms with Gasteiger partial charge in [-0.1, -0.05) is 23.8 Å². The molecule has 7 heteroatoms. The van der Waals surface area contributed by atoms with Crippen molar-refractivity contribution >= 4 is 5.78 Å². The summed E-state index contributed by atoms with van der Waals surface area (Å²) in [5, 5.41) is 9.28. The number of hydrogen-bond donors (Lipinski definition) is 1. The molecule has 0 amide bonds. The van der Waals surface area contributed by atoms with Gasteiger partial charge in [-0.3, -0.25) is 9.69 Å². The summed E-state index contributed by atoms with van der Waals surface area (Å²) in [4.78, 5) is 14.5. The monoisotopic (exact) mass is 419 g/mol. The lowest BCUT2D eigenvalue weighted by Gasteiger charge is -2.26. The van der Waals surface area contributed by atoms with Crippen LogP contribution in [0.25, 0.3) is 0 Å². The zero-order valence-electron chi connectivity index (χ0n) is 16.5. The second kappa shape index (κ2) is 9.80. The molecule has 0 aliphatic carbocycles. The number of Topliss-reactive ketones (excluding diaryl/α,β-unsaturated/α-hetero) is 1. The molecule has 1 N–H and O–H groups in total. The zero-order chi connectivity index (χ0) is 21.6. The molecule has 0 fully saturated rings. The van der Waals surface area contributed by atoms with E-state index in [0.29, 0.717) is 18.4 Å². The van der Waals surface area contributed by atoms with Gasteiger partial charge in [0.2, 0.25) is 0 Å². The first-order valence-corrected chi connectivity index (χ1v) is 9.86. The van der Waals surface area contributed by atoms with Crippen LogP contribution >= 0.6 is 0 Å². The van der Waals surface area contributed by atoms with Crippen molar-refractivity contribution in [3.8, 4) is 11.5 Å². The number of alkyl halides is 3. The topological polar surface area (TPSA) is 49.8 Å². The number of phenolic OH excluding ortho intramolecular Hbond substituents is 1. The molecule has 0 unspecified atom stereocenters. The van der Waals surface area contributed by atoms with Crippen LogP contribution in [0, 0.1) is 0 Å². The number of rotatable bonds is 8. The number of hydrogen-bond acceptors (Lipinski definition) is 4. The van der Waals surface area contributed by atoms with E-state index >= 15 is 0 Å². The summed E-state index contributed by atoms with van der Waals surface area (Å²) in [6.45, 7) is 2.53. The highest BCUT2D eigenvalue weighted by Gasteiger charge is 2.30. The van der Waals surface area contributed by atoms with Crippen molar-refractivity contribution in [1.82, 2.24) is 4.90 Å². The van der Waals surface area contributed by atoms with Crippen LogP contribution in [0.1, 0.15) is 35.2 Å². The van der Waals surface area contributed by atoms with Crippen molar-refractivity contribution in [1.29, 1.82) is 0 Å². The summed E-state index contributed by atoms with van der Waals surface area (Å²) in [7, 11) is 0. The average Bonchev–Trinajstić information content (AvgIpc) is 2.70. The van der Waals surface area contributed by atoms with Gasteiger partial charge in [-0.15, -0.1) is 13.2 Å². The van der Waals surface area contributed by atoms with Gasteiger partial charge < -0.3 is 9.84 Å². The van der Waals surface area contributed by atoms with E-state index in [1.807, 2.05) is 0 Å². The Morgan fingerprint density at radius 1 is 1.07 bits per heavy atom. The lowest BCUT2D eigenvalue weighted by molar-refractivity contribution is -0.274. The fourth-order valence-electron chi connectivity index (χ4n) is 3.44. The molecule has 1 aliphatic rings. The molecule has 1 heterocycles. The van der Waals surface area contributed by atoms with Crippen molar-refractivity contribution in [2.75, 3.05) is 19.6 Å². The van der Waals surface area contributed by atoms with E-state index in [9.17, 15) is 23.1 Å². The van der Waals surface area contributed by atoms with Crippen LogP contribution in [0.3, 0.4) is 0 Å². The SMILES string of the molecule is O=C(CCCN1CC=C(Cc2ccc(OC(F)(F)F)cc2)CC1)c1ccc(O)cc1. The predicted molar refractivity (Wildman–Crippen MR) is 108 cm³/mol. The Kier molecular flexibility index (Phi) is 7.15. The highest BCUT2D eigenvalue weighted by Crippen LogP contribution is 2.24. The van der Waals surface area contributed by atoms with Crippen molar-refractivity contribution in [2.24, 2.45) is 0 Å². The smallest absolute Gasteiger partial charge is 0.508 e. The van der Waals surface area contributed by atoms with Crippen molar-refractivity contribution < 1.29 is 27.8 Å². The summed E-state index contributed by atoms with van der Waals surface area (Å²) >= 11 is 0. The number of phenols is 1. The minimum atomic E-state index is -4.68. The molecule has 2 aromatic carbocycles. The molecule has 0 aromatic heterocycles.